The minimum absolute atomic E-state index is 0.0106. The molecule has 0 spiro atoms. The molecule has 1 aliphatic carbocycles. The number of amides is 2. The number of rotatable bonds is 7. The largest absolute Gasteiger partial charge is 0.340 e. The van der Waals surface area contributed by atoms with Gasteiger partial charge >= 0.3 is 0 Å². The summed E-state index contributed by atoms with van der Waals surface area (Å²) in [4.78, 5) is 28.9. The molecule has 2 fully saturated rings. The number of nitrogens with two attached hydrogens (primary N) is 1. The van der Waals surface area contributed by atoms with Crippen LogP contribution in [0.25, 0.3) is 0 Å². The maximum atomic E-state index is 12.5. The van der Waals surface area contributed by atoms with E-state index in [9.17, 15) is 18.0 Å². The van der Waals surface area contributed by atoms with Gasteiger partial charge in [-0.1, -0.05) is 19.3 Å². The van der Waals surface area contributed by atoms with Crippen LogP contribution in [0.2, 0.25) is 0 Å². The number of carbonyl (C=O) groups excluding carboxylic acids is 2. The third kappa shape index (κ3) is 6.78. The van der Waals surface area contributed by atoms with Gasteiger partial charge in [0.15, 0.2) is 0 Å². The Morgan fingerprint density at radius 3 is 2.23 bits per heavy atom. The van der Waals surface area contributed by atoms with E-state index in [4.69, 9.17) is 5.14 Å². The highest BCUT2D eigenvalue weighted by molar-refractivity contribution is 7.89. The van der Waals surface area contributed by atoms with E-state index in [-0.39, 0.29) is 16.7 Å². The molecule has 0 radical (unpaired) electrons. The number of hydrogen-bond donors (Lipinski definition) is 2. The molecular weight excluding hydrogens is 404 g/mol. The van der Waals surface area contributed by atoms with Crippen LogP contribution < -0.4 is 10.5 Å². The Morgan fingerprint density at radius 1 is 1.00 bits per heavy atom. The van der Waals surface area contributed by atoms with Gasteiger partial charge in [-0.2, -0.15) is 0 Å². The van der Waals surface area contributed by atoms with Gasteiger partial charge in [0.2, 0.25) is 21.8 Å². The number of anilines is 1. The summed E-state index contributed by atoms with van der Waals surface area (Å²) in [6.07, 6.45) is 7.21. The average Bonchev–Trinajstić information content (AvgIpc) is 2.73. The molecule has 30 heavy (non-hydrogen) atoms. The number of piperazine rings is 1. The first-order chi connectivity index (χ1) is 14.3. The second-order valence-electron chi connectivity index (χ2n) is 8.30. The lowest BCUT2D eigenvalue weighted by atomic mass is 9.86. The zero-order chi connectivity index (χ0) is 21.6. The third-order valence-electron chi connectivity index (χ3n) is 6.03. The maximum absolute atomic E-state index is 12.5. The molecule has 0 bridgehead atoms. The highest BCUT2D eigenvalue weighted by Crippen LogP contribution is 2.27. The lowest BCUT2D eigenvalue weighted by Gasteiger charge is -2.35. The molecule has 3 rings (SSSR count). The minimum atomic E-state index is -3.74. The summed E-state index contributed by atoms with van der Waals surface area (Å²) in [6.45, 7) is 3.65. The monoisotopic (exact) mass is 436 g/mol. The molecule has 1 heterocycles. The van der Waals surface area contributed by atoms with Crippen LogP contribution in [-0.2, 0) is 19.6 Å². The van der Waals surface area contributed by atoms with Gasteiger partial charge in [0.25, 0.3) is 0 Å². The van der Waals surface area contributed by atoms with Crippen LogP contribution >= 0.6 is 0 Å². The number of sulfonamides is 1. The van der Waals surface area contributed by atoms with E-state index in [1.807, 2.05) is 4.90 Å². The molecule has 1 saturated carbocycles. The van der Waals surface area contributed by atoms with Crippen LogP contribution in [0.1, 0.15) is 44.9 Å². The van der Waals surface area contributed by atoms with Gasteiger partial charge in [0.05, 0.1) is 4.90 Å². The lowest BCUT2D eigenvalue weighted by Crippen LogP contribution is -2.49. The predicted octanol–water partition coefficient (Wildman–Crippen LogP) is 1.78. The first kappa shape index (κ1) is 22.7. The summed E-state index contributed by atoms with van der Waals surface area (Å²) in [5, 5.41) is 7.84. The number of hydrogen-bond acceptors (Lipinski definition) is 5. The maximum Gasteiger partial charge on any atom is 0.238 e. The Morgan fingerprint density at radius 2 is 1.63 bits per heavy atom. The second kappa shape index (κ2) is 10.4. The van der Waals surface area contributed by atoms with Crippen molar-refractivity contribution in [2.24, 2.45) is 11.1 Å². The number of benzene rings is 1. The van der Waals surface area contributed by atoms with E-state index in [0.717, 1.165) is 26.2 Å². The Hall–Kier alpha value is -1.97. The third-order valence-corrected chi connectivity index (χ3v) is 6.96. The molecule has 1 aromatic carbocycles. The van der Waals surface area contributed by atoms with Crippen LogP contribution in [0.15, 0.2) is 29.2 Å². The smallest absolute Gasteiger partial charge is 0.238 e. The van der Waals surface area contributed by atoms with Crippen molar-refractivity contribution in [1.82, 2.24) is 9.80 Å². The molecule has 0 aromatic heterocycles. The molecule has 2 aliphatic rings. The van der Waals surface area contributed by atoms with Gasteiger partial charge in [-0.15, -0.1) is 0 Å². The molecule has 1 saturated heterocycles. The van der Waals surface area contributed by atoms with Gasteiger partial charge in [-0.25, -0.2) is 13.6 Å². The quantitative estimate of drug-likeness (QED) is 0.676. The van der Waals surface area contributed by atoms with Gasteiger partial charge in [0, 0.05) is 51.3 Å². The molecule has 1 aromatic rings. The molecule has 166 valence electrons. The Balaban J connectivity index is 1.35. The van der Waals surface area contributed by atoms with E-state index in [1.165, 1.54) is 56.4 Å². The average molecular weight is 437 g/mol. The van der Waals surface area contributed by atoms with Gasteiger partial charge in [-0.3, -0.25) is 14.5 Å². The fraction of sp³-hybridized carbons (Fsp3) is 0.619. The first-order valence-corrected chi connectivity index (χ1v) is 12.3. The van der Waals surface area contributed by atoms with E-state index in [0.29, 0.717) is 31.0 Å². The predicted molar refractivity (Wildman–Crippen MR) is 115 cm³/mol. The summed E-state index contributed by atoms with van der Waals surface area (Å²) < 4.78 is 22.5. The molecule has 1 aliphatic heterocycles. The number of primary sulfonamides is 1. The van der Waals surface area contributed by atoms with Crippen LogP contribution in [0.5, 0.6) is 0 Å². The normalized spacial score (nSPS) is 18.9. The SMILES string of the molecule is NS(=O)(=O)c1ccc(NC(=O)CCN2CCN(C(=O)CC3CCCCC3)CC2)cc1. The van der Waals surface area contributed by atoms with E-state index < -0.39 is 10.0 Å². The van der Waals surface area contributed by atoms with Crippen LogP contribution in [0.3, 0.4) is 0 Å². The zero-order valence-corrected chi connectivity index (χ0v) is 18.2. The standard InChI is InChI=1S/C21H32N4O4S/c22-30(28,29)19-8-6-18(7-9-19)23-20(26)10-11-24-12-14-25(15-13-24)21(27)16-17-4-2-1-3-5-17/h6-9,17H,1-5,10-16H2,(H,23,26)(H2,22,28,29). The molecule has 3 N–H and O–H groups in total. The minimum Gasteiger partial charge on any atom is -0.340 e. The number of carbonyl (C=O) groups is 2. The highest BCUT2D eigenvalue weighted by atomic mass is 32.2. The second-order valence-corrected chi connectivity index (χ2v) is 9.86. The molecule has 0 atom stereocenters. The molecule has 8 nitrogen and oxygen atoms in total. The molecule has 2 amide bonds. The molecule has 9 heteroatoms. The van der Waals surface area contributed by atoms with Crippen molar-refractivity contribution >= 4 is 27.5 Å². The van der Waals surface area contributed by atoms with Crippen molar-refractivity contribution < 1.29 is 18.0 Å². The van der Waals surface area contributed by atoms with Crippen molar-refractivity contribution in [2.45, 2.75) is 49.8 Å². The van der Waals surface area contributed by atoms with Gasteiger partial charge in [-0.05, 0) is 43.0 Å². The Kier molecular flexibility index (Phi) is 7.85. The topological polar surface area (TPSA) is 113 Å². The summed E-state index contributed by atoms with van der Waals surface area (Å²) in [7, 11) is -3.74. The molecular formula is C21H32N4O4S. The van der Waals surface area contributed by atoms with Crippen molar-refractivity contribution in [3.8, 4) is 0 Å². The summed E-state index contributed by atoms with van der Waals surface area (Å²) in [6, 6.07) is 5.78. The van der Waals surface area contributed by atoms with E-state index in [2.05, 4.69) is 10.2 Å². The zero-order valence-electron chi connectivity index (χ0n) is 17.4. The Labute approximate surface area is 178 Å². The van der Waals surface area contributed by atoms with Crippen LogP contribution in [-0.4, -0.2) is 62.8 Å². The van der Waals surface area contributed by atoms with Crippen molar-refractivity contribution in [3.05, 3.63) is 24.3 Å². The Bertz CT molecular complexity index is 827. The van der Waals surface area contributed by atoms with Gasteiger partial charge in [0.1, 0.15) is 0 Å². The van der Waals surface area contributed by atoms with Crippen LogP contribution in [0.4, 0.5) is 5.69 Å². The van der Waals surface area contributed by atoms with Crippen LogP contribution in [0, 0.1) is 5.92 Å². The van der Waals surface area contributed by atoms with Crippen molar-refractivity contribution in [1.29, 1.82) is 0 Å². The number of nitrogens with zero attached hydrogens (tertiary/aromatic N) is 2. The fourth-order valence-corrected chi connectivity index (χ4v) is 4.71. The van der Waals surface area contributed by atoms with E-state index in [1.54, 1.807) is 0 Å². The highest BCUT2D eigenvalue weighted by Gasteiger charge is 2.24. The number of nitrogens with one attached hydrogen (secondary N) is 1. The van der Waals surface area contributed by atoms with E-state index >= 15 is 0 Å². The van der Waals surface area contributed by atoms with Crippen molar-refractivity contribution in [3.63, 3.8) is 0 Å². The fourth-order valence-electron chi connectivity index (χ4n) is 4.20. The first-order valence-electron chi connectivity index (χ1n) is 10.7. The summed E-state index contributed by atoms with van der Waals surface area (Å²) in [5.74, 6) is 0.711. The van der Waals surface area contributed by atoms with Crippen molar-refractivity contribution in [2.75, 3.05) is 38.0 Å². The van der Waals surface area contributed by atoms with Gasteiger partial charge < -0.3 is 10.2 Å². The summed E-state index contributed by atoms with van der Waals surface area (Å²) in [5.41, 5.74) is 0.533. The molecule has 0 unspecified atom stereocenters. The lowest BCUT2D eigenvalue weighted by molar-refractivity contribution is -0.134. The summed E-state index contributed by atoms with van der Waals surface area (Å²) >= 11 is 0.